The van der Waals surface area contributed by atoms with Gasteiger partial charge in [-0.3, -0.25) is 14.4 Å². The second kappa shape index (κ2) is 12.8. The van der Waals surface area contributed by atoms with Crippen LogP contribution >= 0.6 is 23.1 Å². The van der Waals surface area contributed by atoms with Gasteiger partial charge in [0, 0.05) is 34.8 Å². The Labute approximate surface area is 231 Å². The van der Waals surface area contributed by atoms with Crippen molar-refractivity contribution in [2.45, 2.75) is 76.0 Å². The maximum Gasteiger partial charge on any atom is 0.341 e. The molecule has 1 aliphatic heterocycles. The molecule has 0 saturated heterocycles. The predicted octanol–water partition coefficient (Wildman–Crippen LogP) is 5.47. The Morgan fingerprint density at radius 3 is 2.63 bits per heavy atom. The van der Waals surface area contributed by atoms with Crippen LogP contribution in [-0.4, -0.2) is 47.0 Å². The molecule has 38 heavy (non-hydrogen) atoms. The summed E-state index contributed by atoms with van der Waals surface area (Å²) in [5.74, 6) is -0.585. The number of hydrogen-bond acceptors (Lipinski definition) is 7. The second-order valence-electron chi connectivity index (χ2n) is 9.72. The molecule has 4 rings (SSSR count). The van der Waals surface area contributed by atoms with E-state index in [-0.39, 0.29) is 30.2 Å². The van der Waals surface area contributed by atoms with Gasteiger partial charge >= 0.3 is 5.97 Å². The molecule has 204 valence electrons. The molecule has 1 aliphatic carbocycles. The van der Waals surface area contributed by atoms with Crippen LogP contribution < -0.4 is 10.6 Å². The number of rotatable bonds is 8. The number of nitrogens with one attached hydrogen (secondary N) is 2. The number of benzene rings is 1. The predicted molar refractivity (Wildman–Crippen MR) is 151 cm³/mol. The number of thiophene rings is 1. The Morgan fingerprint density at radius 2 is 1.92 bits per heavy atom. The van der Waals surface area contributed by atoms with Crippen LogP contribution in [0.3, 0.4) is 0 Å². The lowest BCUT2D eigenvalue weighted by molar-refractivity contribution is -0.129. The Hall–Kier alpha value is -2.85. The van der Waals surface area contributed by atoms with Gasteiger partial charge in [-0.15, -0.1) is 23.1 Å². The van der Waals surface area contributed by atoms with E-state index < -0.39 is 11.2 Å². The second-order valence-corrected chi connectivity index (χ2v) is 12.2. The van der Waals surface area contributed by atoms with Crippen LogP contribution in [0.4, 0.5) is 10.7 Å². The zero-order chi connectivity index (χ0) is 27.2. The number of nitrogens with zero attached hydrogens (tertiary/aromatic N) is 1. The summed E-state index contributed by atoms with van der Waals surface area (Å²) in [5, 5.41) is 5.99. The summed E-state index contributed by atoms with van der Waals surface area (Å²) in [4.78, 5) is 54.0. The van der Waals surface area contributed by atoms with E-state index in [1.807, 2.05) is 31.2 Å². The first-order chi connectivity index (χ1) is 18.3. The van der Waals surface area contributed by atoms with Crippen molar-refractivity contribution in [1.29, 1.82) is 0 Å². The van der Waals surface area contributed by atoms with Gasteiger partial charge in [0.25, 0.3) is 0 Å². The summed E-state index contributed by atoms with van der Waals surface area (Å²) in [6.45, 7) is 6.26. The maximum absolute atomic E-state index is 13.2. The topological polar surface area (TPSA) is 105 Å². The summed E-state index contributed by atoms with van der Waals surface area (Å²) < 4.78 is 5.29. The Morgan fingerprint density at radius 1 is 1.16 bits per heavy atom. The fourth-order valence-electron chi connectivity index (χ4n) is 4.91. The lowest BCUT2D eigenvalue weighted by Crippen LogP contribution is -2.34. The number of ether oxygens (including phenoxy) is 1. The Kier molecular flexibility index (Phi) is 9.49. The third-order valence-corrected chi connectivity index (χ3v) is 9.20. The van der Waals surface area contributed by atoms with Gasteiger partial charge in [-0.1, -0.05) is 25.3 Å². The van der Waals surface area contributed by atoms with Crippen molar-refractivity contribution in [3.63, 3.8) is 0 Å². The van der Waals surface area contributed by atoms with Gasteiger partial charge in [-0.2, -0.15) is 0 Å². The smallest absolute Gasteiger partial charge is 0.341 e. The molecule has 2 N–H and O–H groups in total. The molecule has 1 aromatic heterocycles. The molecule has 0 bridgehead atoms. The lowest BCUT2D eigenvalue weighted by atomic mass is 9.88. The van der Waals surface area contributed by atoms with E-state index >= 15 is 0 Å². The van der Waals surface area contributed by atoms with Crippen molar-refractivity contribution >= 4 is 57.5 Å². The van der Waals surface area contributed by atoms with E-state index in [2.05, 4.69) is 10.6 Å². The van der Waals surface area contributed by atoms with Crippen molar-refractivity contribution in [3.8, 4) is 0 Å². The van der Waals surface area contributed by atoms with Crippen molar-refractivity contribution < 1.29 is 23.9 Å². The highest BCUT2D eigenvalue weighted by atomic mass is 32.2. The highest BCUT2D eigenvalue weighted by Crippen LogP contribution is 2.38. The van der Waals surface area contributed by atoms with Gasteiger partial charge in [-0.05, 0) is 56.9 Å². The normalized spacial score (nSPS) is 16.3. The molecular weight excluding hydrogens is 522 g/mol. The summed E-state index contributed by atoms with van der Waals surface area (Å²) in [6, 6.07) is 7.53. The van der Waals surface area contributed by atoms with Crippen molar-refractivity contribution in [2.75, 3.05) is 23.8 Å². The van der Waals surface area contributed by atoms with E-state index in [0.29, 0.717) is 30.1 Å². The van der Waals surface area contributed by atoms with Crippen LogP contribution in [0.15, 0.2) is 29.2 Å². The molecule has 1 atom stereocenters. The number of amides is 3. The van der Waals surface area contributed by atoms with Crippen LogP contribution in [0.2, 0.25) is 0 Å². The first-order valence-electron chi connectivity index (χ1n) is 13.2. The number of hydrogen-bond donors (Lipinski definition) is 2. The Bertz CT molecular complexity index is 1210. The third kappa shape index (κ3) is 6.77. The van der Waals surface area contributed by atoms with Crippen molar-refractivity contribution in [3.05, 3.63) is 40.3 Å². The minimum absolute atomic E-state index is 0.0190. The average Bonchev–Trinajstić information content (AvgIpc) is 3.26. The SMILES string of the molecule is CCOC(=O)c1c(NC(=O)C(C)Sc2cccc(NC(=O)C3CCCCC3)c2)sc2c1CCN(C(C)=O)C2. The van der Waals surface area contributed by atoms with E-state index in [9.17, 15) is 19.2 Å². The molecular formula is C28H35N3O5S2. The van der Waals surface area contributed by atoms with Crippen molar-refractivity contribution in [2.24, 2.45) is 5.92 Å². The van der Waals surface area contributed by atoms with Gasteiger partial charge in [-0.25, -0.2) is 4.79 Å². The molecule has 2 aromatic rings. The number of carbonyl (C=O) groups excluding carboxylic acids is 4. The van der Waals surface area contributed by atoms with E-state index in [1.165, 1.54) is 36.4 Å². The van der Waals surface area contributed by atoms with Crippen LogP contribution in [0.1, 0.15) is 73.7 Å². The molecule has 1 fully saturated rings. The summed E-state index contributed by atoms with van der Waals surface area (Å²) >= 11 is 2.71. The van der Waals surface area contributed by atoms with Crippen LogP contribution in [0.25, 0.3) is 0 Å². The zero-order valence-electron chi connectivity index (χ0n) is 22.1. The molecule has 2 heterocycles. The molecule has 1 saturated carbocycles. The Balaban J connectivity index is 1.44. The largest absolute Gasteiger partial charge is 0.462 e. The van der Waals surface area contributed by atoms with E-state index in [1.54, 1.807) is 11.8 Å². The molecule has 3 amide bonds. The first kappa shape index (κ1) is 28.2. The van der Waals surface area contributed by atoms with Gasteiger partial charge in [0.15, 0.2) is 0 Å². The number of carbonyl (C=O) groups is 4. The lowest BCUT2D eigenvalue weighted by Gasteiger charge is -2.25. The molecule has 1 aromatic carbocycles. The molecule has 2 aliphatic rings. The summed E-state index contributed by atoms with van der Waals surface area (Å²) in [7, 11) is 0. The molecule has 0 radical (unpaired) electrons. The minimum atomic E-state index is -0.460. The fourth-order valence-corrected chi connectivity index (χ4v) is 7.09. The third-order valence-electron chi connectivity index (χ3n) is 6.98. The van der Waals surface area contributed by atoms with Crippen LogP contribution in [-0.2, 0) is 32.1 Å². The molecule has 10 heteroatoms. The van der Waals surface area contributed by atoms with Gasteiger partial charge < -0.3 is 20.3 Å². The van der Waals surface area contributed by atoms with E-state index in [4.69, 9.17) is 4.74 Å². The summed E-state index contributed by atoms with van der Waals surface area (Å²) in [5.41, 5.74) is 1.97. The first-order valence-corrected chi connectivity index (χ1v) is 14.9. The fraction of sp³-hybridized carbons (Fsp3) is 0.500. The highest BCUT2D eigenvalue weighted by molar-refractivity contribution is 8.00. The summed E-state index contributed by atoms with van der Waals surface area (Å²) in [6.07, 6.45) is 5.80. The standard InChI is InChI=1S/C28H35N3O5S2/c1-4-36-28(35)24-22-13-14-31(18(3)32)16-23(22)38-27(24)30-25(33)17(2)37-21-12-8-11-20(15-21)29-26(34)19-9-6-5-7-10-19/h8,11-12,15,17,19H,4-7,9-10,13-14,16H2,1-3H3,(H,29,34)(H,30,33). The maximum atomic E-state index is 13.2. The van der Waals surface area contributed by atoms with Crippen molar-refractivity contribution in [1.82, 2.24) is 4.90 Å². The monoisotopic (exact) mass is 557 g/mol. The zero-order valence-corrected chi connectivity index (χ0v) is 23.8. The number of anilines is 2. The van der Waals surface area contributed by atoms with E-state index in [0.717, 1.165) is 46.7 Å². The van der Waals surface area contributed by atoms with Gasteiger partial charge in [0.1, 0.15) is 5.00 Å². The average molecular weight is 558 g/mol. The number of esters is 1. The minimum Gasteiger partial charge on any atom is -0.462 e. The quantitative estimate of drug-likeness (QED) is 0.330. The van der Waals surface area contributed by atoms with Crippen LogP contribution in [0.5, 0.6) is 0 Å². The van der Waals surface area contributed by atoms with Gasteiger partial charge in [0.05, 0.1) is 24.0 Å². The molecule has 0 spiro atoms. The highest BCUT2D eigenvalue weighted by Gasteiger charge is 2.31. The molecule has 1 unspecified atom stereocenters. The van der Waals surface area contributed by atoms with Crippen LogP contribution in [0, 0.1) is 5.92 Å². The number of thioether (sulfide) groups is 1. The molecule has 8 nitrogen and oxygen atoms in total. The van der Waals surface area contributed by atoms with Gasteiger partial charge in [0.2, 0.25) is 17.7 Å². The number of fused-ring (bicyclic) bond motifs is 1.